The third kappa shape index (κ3) is 2.63. The number of piperazine rings is 1. The van der Waals surface area contributed by atoms with Gasteiger partial charge in [0, 0.05) is 56.5 Å². The van der Waals surface area contributed by atoms with E-state index in [0.717, 1.165) is 48.6 Å². The molecule has 132 valence electrons. The summed E-state index contributed by atoms with van der Waals surface area (Å²) < 4.78 is 7.65. The minimum absolute atomic E-state index is 0.189. The molecule has 26 heavy (non-hydrogen) atoms. The molecular weight excluding hydrogens is 328 g/mol. The first kappa shape index (κ1) is 15.4. The van der Waals surface area contributed by atoms with E-state index in [4.69, 9.17) is 4.74 Å². The van der Waals surface area contributed by atoms with Crippen LogP contribution in [-0.2, 0) is 11.2 Å². The smallest absolute Gasteiger partial charge is 0.319 e. The van der Waals surface area contributed by atoms with Gasteiger partial charge in [-0.1, -0.05) is 6.07 Å². The number of hydrogen-bond donors (Lipinski definition) is 1. The number of esters is 1. The van der Waals surface area contributed by atoms with Gasteiger partial charge in [-0.2, -0.15) is 0 Å². The lowest BCUT2D eigenvalue weighted by atomic mass is 9.91. The number of rotatable bonds is 2. The standard InChI is InChI=1S/C20H20N4O2/c25-20-17(15-11-19-22-4-1-7-24(19)13-15)10-14-2-3-16(12-18(14)26-20)23-8-5-21-6-9-23/h1-4,7,11-13,17,21H,5-6,8-10H2. The lowest BCUT2D eigenvalue weighted by molar-refractivity contribution is -0.137. The zero-order valence-electron chi connectivity index (χ0n) is 14.4. The maximum Gasteiger partial charge on any atom is 0.319 e. The first-order valence-corrected chi connectivity index (χ1v) is 9.01. The van der Waals surface area contributed by atoms with Crippen molar-refractivity contribution in [3.63, 3.8) is 0 Å². The molecule has 1 atom stereocenters. The van der Waals surface area contributed by atoms with Crippen LogP contribution in [0.25, 0.3) is 5.65 Å². The van der Waals surface area contributed by atoms with Crippen molar-refractivity contribution in [2.45, 2.75) is 12.3 Å². The van der Waals surface area contributed by atoms with E-state index < -0.39 is 0 Å². The zero-order valence-corrected chi connectivity index (χ0v) is 14.4. The number of ether oxygens (including phenoxy) is 1. The van der Waals surface area contributed by atoms with Crippen LogP contribution >= 0.6 is 0 Å². The Morgan fingerprint density at radius 2 is 2.08 bits per heavy atom. The Morgan fingerprint density at radius 3 is 2.92 bits per heavy atom. The summed E-state index contributed by atoms with van der Waals surface area (Å²) in [5, 5.41) is 3.35. The predicted octanol–water partition coefficient (Wildman–Crippen LogP) is 1.99. The van der Waals surface area contributed by atoms with Gasteiger partial charge in [-0.05, 0) is 35.7 Å². The second kappa shape index (κ2) is 6.14. The molecule has 1 unspecified atom stereocenters. The predicted molar refractivity (Wildman–Crippen MR) is 98.8 cm³/mol. The molecule has 0 saturated carbocycles. The fourth-order valence-corrected chi connectivity index (χ4v) is 3.82. The van der Waals surface area contributed by atoms with E-state index in [0.29, 0.717) is 12.2 Å². The highest BCUT2D eigenvalue weighted by Gasteiger charge is 2.31. The number of carbonyl (C=O) groups is 1. The largest absolute Gasteiger partial charge is 0.426 e. The molecule has 0 bridgehead atoms. The Morgan fingerprint density at radius 1 is 1.19 bits per heavy atom. The molecule has 0 radical (unpaired) electrons. The van der Waals surface area contributed by atoms with Gasteiger partial charge in [-0.3, -0.25) is 4.79 Å². The van der Waals surface area contributed by atoms with Crippen molar-refractivity contribution in [3.05, 3.63) is 60.0 Å². The van der Waals surface area contributed by atoms with Crippen LogP contribution in [0.4, 0.5) is 5.69 Å². The van der Waals surface area contributed by atoms with Crippen LogP contribution in [0, 0.1) is 0 Å². The van der Waals surface area contributed by atoms with Crippen LogP contribution in [0.2, 0.25) is 0 Å². The fourth-order valence-electron chi connectivity index (χ4n) is 3.82. The second-order valence-corrected chi connectivity index (χ2v) is 6.87. The summed E-state index contributed by atoms with van der Waals surface area (Å²) in [5.41, 5.74) is 3.99. The quantitative estimate of drug-likeness (QED) is 0.567. The van der Waals surface area contributed by atoms with Crippen LogP contribution in [0.5, 0.6) is 5.75 Å². The monoisotopic (exact) mass is 348 g/mol. The average molecular weight is 348 g/mol. The summed E-state index contributed by atoms with van der Waals surface area (Å²) in [4.78, 5) is 19.3. The molecule has 5 rings (SSSR count). The van der Waals surface area contributed by atoms with Crippen LogP contribution in [-0.4, -0.2) is 41.5 Å². The number of nitrogens with one attached hydrogen (secondary N) is 1. The normalized spacial score (nSPS) is 20.1. The van der Waals surface area contributed by atoms with E-state index in [9.17, 15) is 4.79 Å². The average Bonchev–Trinajstić information content (AvgIpc) is 3.11. The van der Waals surface area contributed by atoms with Gasteiger partial charge in [0.05, 0.1) is 5.92 Å². The van der Waals surface area contributed by atoms with Crippen LogP contribution in [0.1, 0.15) is 17.0 Å². The highest BCUT2D eigenvalue weighted by Crippen LogP contribution is 2.36. The Labute approximate surface area is 151 Å². The minimum atomic E-state index is -0.283. The third-order valence-corrected chi connectivity index (χ3v) is 5.24. The SMILES string of the molecule is O=C1Oc2cc(N3CCNCC3)ccc2CC1c1cc2ncccn2c1. The van der Waals surface area contributed by atoms with Gasteiger partial charge in [0.25, 0.3) is 0 Å². The molecule has 0 amide bonds. The number of anilines is 1. The lowest BCUT2D eigenvalue weighted by Crippen LogP contribution is -2.43. The molecule has 0 aliphatic carbocycles. The molecule has 0 spiro atoms. The van der Waals surface area contributed by atoms with Gasteiger partial charge in [0.1, 0.15) is 11.4 Å². The Balaban J connectivity index is 1.44. The molecule has 6 heteroatoms. The maximum atomic E-state index is 12.6. The minimum Gasteiger partial charge on any atom is -0.426 e. The molecule has 1 saturated heterocycles. The molecule has 2 aliphatic heterocycles. The summed E-state index contributed by atoms with van der Waals surface area (Å²) in [7, 11) is 0. The first-order chi connectivity index (χ1) is 12.8. The highest BCUT2D eigenvalue weighted by molar-refractivity contribution is 5.84. The molecule has 1 aromatic carbocycles. The summed E-state index contributed by atoms with van der Waals surface area (Å²) in [6.07, 6.45) is 6.32. The molecule has 3 aromatic rings. The summed E-state index contributed by atoms with van der Waals surface area (Å²) in [6, 6.07) is 10.1. The van der Waals surface area contributed by atoms with Crippen molar-refractivity contribution in [2.75, 3.05) is 31.1 Å². The molecule has 4 heterocycles. The lowest BCUT2D eigenvalue weighted by Gasteiger charge is -2.31. The number of fused-ring (bicyclic) bond motifs is 2. The topological polar surface area (TPSA) is 58.9 Å². The van der Waals surface area contributed by atoms with Gasteiger partial charge < -0.3 is 19.4 Å². The van der Waals surface area contributed by atoms with Crippen LogP contribution < -0.4 is 15.0 Å². The molecule has 2 aliphatic rings. The van der Waals surface area contributed by atoms with Gasteiger partial charge in [-0.15, -0.1) is 0 Å². The Bertz CT molecular complexity index is 942. The molecule has 6 nitrogen and oxygen atoms in total. The number of carbonyl (C=O) groups excluding carboxylic acids is 1. The number of hydrogen-bond acceptors (Lipinski definition) is 5. The zero-order chi connectivity index (χ0) is 17.5. The van der Waals surface area contributed by atoms with Crippen LogP contribution in [0.15, 0.2) is 48.9 Å². The van der Waals surface area contributed by atoms with Gasteiger partial charge in [0.15, 0.2) is 0 Å². The summed E-state index contributed by atoms with van der Waals surface area (Å²) in [5.74, 6) is 0.226. The molecule has 1 fully saturated rings. The first-order valence-electron chi connectivity index (χ1n) is 9.01. The fraction of sp³-hybridized carbons (Fsp3) is 0.300. The van der Waals surface area contributed by atoms with E-state index >= 15 is 0 Å². The second-order valence-electron chi connectivity index (χ2n) is 6.87. The third-order valence-electron chi connectivity index (χ3n) is 5.24. The number of benzene rings is 1. The van der Waals surface area contributed by atoms with Gasteiger partial charge in [-0.25, -0.2) is 4.98 Å². The molecule has 2 aromatic heterocycles. The van der Waals surface area contributed by atoms with Crippen molar-refractivity contribution in [3.8, 4) is 5.75 Å². The number of aromatic nitrogens is 2. The van der Waals surface area contributed by atoms with E-state index in [-0.39, 0.29) is 11.9 Å². The van der Waals surface area contributed by atoms with Crippen molar-refractivity contribution in [2.24, 2.45) is 0 Å². The molecular formula is C20H20N4O2. The summed E-state index contributed by atoms with van der Waals surface area (Å²) >= 11 is 0. The van der Waals surface area contributed by atoms with E-state index in [1.807, 2.05) is 35.0 Å². The Hall–Kier alpha value is -2.86. The number of nitrogens with zero attached hydrogens (tertiary/aromatic N) is 3. The van der Waals surface area contributed by atoms with Crippen molar-refractivity contribution in [1.29, 1.82) is 0 Å². The van der Waals surface area contributed by atoms with E-state index in [1.165, 1.54) is 0 Å². The maximum absolute atomic E-state index is 12.6. The Kier molecular flexibility index (Phi) is 3.64. The summed E-state index contributed by atoms with van der Waals surface area (Å²) in [6.45, 7) is 3.91. The van der Waals surface area contributed by atoms with Gasteiger partial charge >= 0.3 is 5.97 Å². The van der Waals surface area contributed by atoms with Crippen molar-refractivity contribution in [1.82, 2.24) is 14.7 Å². The van der Waals surface area contributed by atoms with Gasteiger partial charge in [0.2, 0.25) is 0 Å². The highest BCUT2D eigenvalue weighted by atomic mass is 16.5. The van der Waals surface area contributed by atoms with E-state index in [1.54, 1.807) is 6.20 Å². The van der Waals surface area contributed by atoms with Crippen molar-refractivity contribution < 1.29 is 9.53 Å². The van der Waals surface area contributed by atoms with Crippen molar-refractivity contribution >= 4 is 17.3 Å². The van der Waals surface area contributed by atoms with Crippen LogP contribution in [0.3, 0.4) is 0 Å². The molecule has 1 N–H and O–H groups in total. The van der Waals surface area contributed by atoms with E-state index in [2.05, 4.69) is 27.3 Å².